The lowest BCUT2D eigenvalue weighted by molar-refractivity contribution is -0.137. The fourth-order valence-electron chi connectivity index (χ4n) is 2.71. The lowest BCUT2D eigenvalue weighted by Gasteiger charge is -2.07. The molecule has 0 radical (unpaired) electrons. The van der Waals surface area contributed by atoms with Crippen molar-refractivity contribution in [3.63, 3.8) is 0 Å². The molecule has 26 heavy (non-hydrogen) atoms. The second kappa shape index (κ2) is 6.95. The zero-order chi connectivity index (χ0) is 18.9. The van der Waals surface area contributed by atoms with Crippen LogP contribution in [0.4, 0.5) is 13.2 Å². The molecule has 0 unspecified atom stereocenters. The molecular weight excluding hydrogens is 371 g/mol. The first-order valence-corrected chi connectivity index (χ1v) is 8.00. The predicted octanol–water partition coefficient (Wildman–Crippen LogP) is 4.33. The number of aromatic nitrogens is 3. The first-order valence-electron chi connectivity index (χ1n) is 7.62. The highest BCUT2D eigenvalue weighted by Gasteiger charge is 2.27. The fourth-order valence-corrected chi connectivity index (χ4v) is 2.88. The number of aromatic carboxylic acids is 1. The van der Waals surface area contributed by atoms with Crippen LogP contribution in [-0.2, 0) is 13.0 Å². The summed E-state index contributed by atoms with van der Waals surface area (Å²) < 4.78 is 39.0. The van der Waals surface area contributed by atoms with Gasteiger partial charge in [0.15, 0.2) is 0 Å². The molecule has 0 spiro atoms. The van der Waals surface area contributed by atoms with E-state index in [4.69, 9.17) is 11.6 Å². The van der Waals surface area contributed by atoms with E-state index < -0.39 is 18.6 Å². The zero-order valence-electron chi connectivity index (χ0n) is 13.3. The van der Waals surface area contributed by atoms with Crippen LogP contribution < -0.4 is 0 Å². The van der Waals surface area contributed by atoms with Gasteiger partial charge >= 0.3 is 12.1 Å². The molecule has 9 heteroatoms. The second-order valence-electron chi connectivity index (χ2n) is 5.71. The summed E-state index contributed by atoms with van der Waals surface area (Å²) in [7, 11) is 0. The number of benzene rings is 1. The summed E-state index contributed by atoms with van der Waals surface area (Å²) in [6.45, 7) is -0.333. The molecule has 3 aromatic rings. The Kier molecular flexibility index (Phi) is 4.86. The minimum Gasteiger partial charge on any atom is -0.478 e. The highest BCUT2D eigenvalue weighted by molar-refractivity contribution is 6.31. The molecule has 0 aliphatic carbocycles. The average Bonchev–Trinajstić information content (AvgIpc) is 2.90. The molecule has 1 aromatic carbocycles. The molecule has 136 valence electrons. The number of carboxylic acid groups (broad SMARTS) is 1. The van der Waals surface area contributed by atoms with Crippen molar-refractivity contribution in [2.24, 2.45) is 0 Å². The number of rotatable bonds is 5. The van der Waals surface area contributed by atoms with Crippen molar-refractivity contribution in [1.29, 1.82) is 0 Å². The Balaban J connectivity index is 2.03. The van der Waals surface area contributed by atoms with Gasteiger partial charge < -0.3 is 5.11 Å². The third kappa shape index (κ3) is 3.96. The lowest BCUT2D eigenvalue weighted by Crippen LogP contribution is -2.13. The number of carboxylic acids is 1. The Hall–Kier alpha value is -2.61. The Morgan fingerprint density at radius 1 is 1.27 bits per heavy atom. The standard InChI is InChI=1S/C17H13ClF3N3O2/c18-11-1-2-15-13(8-11)14(23-24(15)6-4-17(19,20)21)7-10-9-22-5-3-12(10)16(25)26/h1-3,5,8-9H,4,6-7H2,(H,25,26). The third-order valence-electron chi connectivity index (χ3n) is 3.89. The normalized spacial score (nSPS) is 11.8. The van der Waals surface area contributed by atoms with Gasteiger partial charge in [0.05, 0.1) is 29.7 Å². The SMILES string of the molecule is O=C(O)c1ccncc1Cc1nn(CCC(F)(F)F)c2ccc(Cl)cc12. The van der Waals surface area contributed by atoms with Crippen LogP contribution in [0.2, 0.25) is 5.02 Å². The van der Waals surface area contributed by atoms with E-state index >= 15 is 0 Å². The Bertz CT molecular complexity index is 970. The lowest BCUT2D eigenvalue weighted by atomic mass is 10.0. The Labute approximate surface area is 151 Å². The molecule has 0 amide bonds. The molecule has 0 saturated heterocycles. The van der Waals surface area contributed by atoms with Crippen LogP contribution in [0, 0.1) is 0 Å². The van der Waals surface area contributed by atoms with Gasteiger partial charge in [-0.3, -0.25) is 9.67 Å². The minimum absolute atomic E-state index is 0.0695. The average molecular weight is 384 g/mol. The van der Waals surface area contributed by atoms with Gasteiger partial charge in [-0.15, -0.1) is 0 Å². The quantitative estimate of drug-likeness (QED) is 0.712. The maximum absolute atomic E-state index is 12.6. The van der Waals surface area contributed by atoms with E-state index in [1.54, 1.807) is 18.2 Å². The molecule has 2 heterocycles. The van der Waals surface area contributed by atoms with Crippen molar-refractivity contribution in [2.75, 3.05) is 0 Å². The van der Waals surface area contributed by atoms with Crippen molar-refractivity contribution in [3.8, 4) is 0 Å². The van der Waals surface area contributed by atoms with Crippen LogP contribution in [0.5, 0.6) is 0 Å². The molecule has 0 saturated carbocycles. The molecule has 2 aromatic heterocycles. The zero-order valence-corrected chi connectivity index (χ0v) is 14.1. The molecule has 3 rings (SSSR count). The molecule has 1 N–H and O–H groups in total. The maximum atomic E-state index is 12.6. The highest BCUT2D eigenvalue weighted by atomic mass is 35.5. The number of halogens is 4. The van der Waals surface area contributed by atoms with Gasteiger partial charge in [0, 0.05) is 29.2 Å². The number of aryl methyl sites for hydroxylation is 1. The fraction of sp³-hybridized carbons (Fsp3) is 0.235. The van der Waals surface area contributed by atoms with Crippen molar-refractivity contribution >= 4 is 28.5 Å². The van der Waals surface area contributed by atoms with Crippen molar-refractivity contribution in [1.82, 2.24) is 14.8 Å². The van der Waals surface area contributed by atoms with Crippen molar-refractivity contribution in [3.05, 3.63) is 58.5 Å². The van der Waals surface area contributed by atoms with Gasteiger partial charge in [0.25, 0.3) is 0 Å². The summed E-state index contributed by atoms with van der Waals surface area (Å²) >= 11 is 6.01. The Morgan fingerprint density at radius 3 is 2.73 bits per heavy atom. The van der Waals surface area contributed by atoms with Gasteiger partial charge in [-0.25, -0.2) is 4.79 Å². The van der Waals surface area contributed by atoms with Crippen LogP contribution in [0.1, 0.15) is 28.0 Å². The monoisotopic (exact) mass is 383 g/mol. The van der Waals surface area contributed by atoms with Gasteiger partial charge in [0.2, 0.25) is 0 Å². The highest BCUT2D eigenvalue weighted by Crippen LogP contribution is 2.27. The van der Waals surface area contributed by atoms with Crippen LogP contribution in [0.3, 0.4) is 0 Å². The topological polar surface area (TPSA) is 68.0 Å². The second-order valence-corrected chi connectivity index (χ2v) is 6.15. The number of carbonyl (C=O) groups is 1. The van der Waals surface area contributed by atoms with Gasteiger partial charge in [-0.2, -0.15) is 18.3 Å². The van der Waals surface area contributed by atoms with Gasteiger partial charge in [-0.1, -0.05) is 11.6 Å². The predicted molar refractivity (Wildman–Crippen MR) is 89.4 cm³/mol. The molecule has 0 atom stereocenters. The smallest absolute Gasteiger partial charge is 0.390 e. The molecule has 0 aliphatic heterocycles. The van der Waals surface area contributed by atoms with E-state index in [-0.39, 0.29) is 18.5 Å². The number of nitrogens with zero attached hydrogens (tertiary/aromatic N) is 3. The van der Waals surface area contributed by atoms with E-state index in [1.807, 2.05) is 0 Å². The molecule has 0 fully saturated rings. The first-order chi connectivity index (χ1) is 12.2. The molecule has 5 nitrogen and oxygen atoms in total. The summed E-state index contributed by atoms with van der Waals surface area (Å²) in [4.78, 5) is 15.3. The minimum atomic E-state index is -4.30. The third-order valence-corrected chi connectivity index (χ3v) is 4.12. The van der Waals surface area contributed by atoms with E-state index in [0.717, 1.165) is 0 Å². The van der Waals surface area contributed by atoms with E-state index in [2.05, 4.69) is 10.1 Å². The molecule has 0 aliphatic rings. The van der Waals surface area contributed by atoms with Crippen molar-refractivity contribution < 1.29 is 23.1 Å². The first kappa shape index (κ1) is 18.2. The van der Waals surface area contributed by atoms with E-state index in [1.165, 1.54) is 23.1 Å². The number of hydrogen-bond donors (Lipinski definition) is 1. The van der Waals surface area contributed by atoms with Crippen LogP contribution in [0.15, 0.2) is 36.7 Å². The summed E-state index contributed by atoms with van der Waals surface area (Å²) in [6.07, 6.45) is -2.42. The van der Waals surface area contributed by atoms with Gasteiger partial charge in [-0.05, 0) is 29.8 Å². The number of fused-ring (bicyclic) bond motifs is 1. The van der Waals surface area contributed by atoms with E-state index in [9.17, 15) is 23.1 Å². The summed E-state index contributed by atoms with van der Waals surface area (Å²) in [5.41, 5.74) is 1.44. The van der Waals surface area contributed by atoms with E-state index in [0.29, 0.717) is 27.2 Å². The largest absolute Gasteiger partial charge is 0.478 e. The van der Waals surface area contributed by atoms with Crippen LogP contribution in [0.25, 0.3) is 10.9 Å². The Morgan fingerprint density at radius 2 is 2.04 bits per heavy atom. The molecular formula is C17H13ClF3N3O2. The maximum Gasteiger partial charge on any atom is 0.390 e. The summed E-state index contributed by atoms with van der Waals surface area (Å²) in [6, 6.07) is 6.16. The van der Waals surface area contributed by atoms with Crippen molar-refractivity contribution in [2.45, 2.75) is 25.6 Å². The molecule has 0 bridgehead atoms. The van der Waals surface area contributed by atoms with Crippen LogP contribution >= 0.6 is 11.6 Å². The number of pyridine rings is 1. The van der Waals surface area contributed by atoms with Gasteiger partial charge in [0.1, 0.15) is 0 Å². The summed E-state index contributed by atoms with van der Waals surface area (Å²) in [5.74, 6) is -1.11. The van der Waals surface area contributed by atoms with Crippen LogP contribution in [-0.4, -0.2) is 32.0 Å². The number of alkyl halides is 3. The number of hydrogen-bond acceptors (Lipinski definition) is 3. The summed E-state index contributed by atoms with van der Waals surface area (Å²) in [5, 5.41) is 14.5.